The summed E-state index contributed by atoms with van der Waals surface area (Å²) in [4.78, 5) is 13.8. The molecule has 3 nitrogen and oxygen atoms in total. The van der Waals surface area contributed by atoms with Crippen LogP contribution in [0, 0.1) is 17.7 Å². The highest BCUT2D eigenvalue weighted by Gasteiger charge is 2.16. The number of halogens is 1. The Bertz CT molecular complexity index is 545. The normalized spacial score (nSPS) is 15.5. The van der Waals surface area contributed by atoms with E-state index in [0.29, 0.717) is 18.5 Å². The lowest BCUT2D eigenvalue weighted by Crippen LogP contribution is -2.29. The molecule has 0 unspecified atom stereocenters. The Morgan fingerprint density at radius 2 is 2.15 bits per heavy atom. The van der Waals surface area contributed by atoms with Crippen LogP contribution in [0.5, 0.6) is 0 Å². The number of hydrogen-bond donors (Lipinski definition) is 1. The van der Waals surface area contributed by atoms with Gasteiger partial charge in [-0.1, -0.05) is 24.3 Å². The summed E-state index contributed by atoms with van der Waals surface area (Å²) in [6.45, 7) is 1.50. The first-order chi connectivity index (χ1) is 9.70. The summed E-state index contributed by atoms with van der Waals surface area (Å²) < 4.78 is 13.6. The van der Waals surface area contributed by atoms with Gasteiger partial charge in [-0.25, -0.2) is 4.39 Å². The van der Waals surface area contributed by atoms with Gasteiger partial charge in [0.25, 0.3) is 0 Å². The molecule has 106 valence electrons. The van der Waals surface area contributed by atoms with Crippen molar-refractivity contribution in [3.8, 4) is 11.8 Å². The van der Waals surface area contributed by atoms with E-state index >= 15 is 0 Å². The van der Waals surface area contributed by atoms with Gasteiger partial charge in [-0.3, -0.25) is 4.79 Å². The third kappa shape index (κ3) is 3.82. The fraction of sp³-hybridized carbons (Fsp3) is 0.438. The number of carbonyl (C=O) groups excluding carboxylic acids is 1. The fourth-order valence-electron chi connectivity index (χ4n) is 2.34. The Labute approximate surface area is 119 Å². The van der Waals surface area contributed by atoms with Crippen LogP contribution in [-0.2, 0) is 11.3 Å². The summed E-state index contributed by atoms with van der Waals surface area (Å²) in [5.41, 5.74) is 6.55. The highest BCUT2D eigenvalue weighted by atomic mass is 19.1. The number of nitrogens with zero attached hydrogens (tertiary/aromatic N) is 1. The van der Waals surface area contributed by atoms with Gasteiger partial charge < -0.3 is 10.6 Å². The number of amides is 1. The fourth-order valence-corrected chi connectivity index (χ4v) is 2.34. The molecule has 1 aliphatic heterocycles. The van der Waals surface area contributed by atoms with Crippen molar-refractivity contribution in [1.82, 2.24) is 4.90 Å². The molecule has 20 heavy (non-hydrogen) atoms. The van der Waals surface area contributed by atoms with Crippen LogP contribution in [-0.4, -0.2) is 23.9 Å². The van der Waals surface area contributed by atoms with Gasteiger partial charge in [0.15, 0.2) is 0 Å². The first-order valence-electron chi connectivity index (χ1n) is 6.96. The maximum Gasteiger partial charge on any atom is 0.222 e. The van der Waals surface area contributed by atoms with Crippen molar-refractivity contribution < 1.29 is 9.18 Å². The van der Waals surface area contributed by atoms with E-state index in [9.17, 15) is 9.18 Å². The maximum atomic E-state index is 13.6. The largest absolute Gasteiger partial charge is 0.338 e. The third-order valence-corrected chi connectivity index (χ3v) is 3.40. The van der Waals surface area contributed by atoms with Crippen molar-refractivity contribution in [1.29, 1.82) is 0 Å². The molecule has 1 fully saturated rings. The van der Waals surface area contributed by atoms with Gasteiger partial charge in [0, 0.05) is 19.5 Å². The minimum Gasteiger partial charge on any atom is -0.338 e. The van der Waals surface area contributed by atoms with Crippen LogP contribution < -0.4 is 5.73 Å². The number of rotatable bonds is 2. The molecule has 1 saturated heterocycles. The van der Waals surface area contributed by atoms with E-state index in [-0.39, 0.29) is 18.3 Å². The summed E-state index contributed by atoms with van der Waals surface area (Å²) in [7, 11) is 0. The second-order valence-corrected chi connectivity index (χ2v) is 4.95. The maximum absolute atomic E-state index is 13.6. The summed E-state index contributed by atoms with van der Waals surface area (Å²) in [5, 5.41) is 0. The molecular weight excluding hydrogens is 255 g/mol. The topological polar surface area (TPSA) is 46.3 Å². The Kier molecular flexibility index (Phi) is 5.14. The van der Waals surface area contributed by atoms with Crippen LogP contribution in [0.2, 0.25) is 0 Å². The molecule has 0 saturated carbocycles. The molecule has 0 bridgehead atoms. The van der Waals surface area contributed by atoms with Crippen LogP contribution in [0.25, 0.3) is 0 Å². The highest BCUT2D eigenvalue weighted by molar-refractivity contribution is 5.76. The molecular formula is C16H19FN2O. The molecule has 2 N–H and O–H groups in total. The predicted octanol–water partition coefficient (Wildman–Crippen LogP) is 2.04. The second-order valence-electron chi connectivity index (χ2n) is 4.95. The Morgan fingerprint density at radius 3 is 2.95 bits per heavy atom. The molecule has 1 aromatic rings. The van der Waals surface area contributed by atoms with Crippen LogP contribution >= 0.6 is 0 Å². The molecule has 1 aliphatic rings. The highest BCUT2D eigenvalue weighted by Crippen LogP contribution is 2.16. The van der Waals surface area contributed by atoms with Gasteiger partial charge in [0.2, 0.25) is 5.91 Å². The lowest BCUT2D eigenvalue weighted by atomic mass is 10.1. The van der Waals surface area contributed by atoms with Crippen molar-refractivity contribution in [2.24, 2.45) is 5.73 Å². The second kappa shape index (κ2) is 7.06. The minimum atomic E-state index is -0.350. The molecule has 0 spiro atoms. The summed E-state index contributed by atoms with van der Waals surface area (Å²) in [5.74, 6) is 5.20. The average molecular weight is 274 g/mol. The van der Waals surface area contributed by atoms with Crippen molar-refractivity contribution in [2.45, 2.75) is 32.2 Å². The van der Waals surface area contributed by atoms with Gasteiger partial charge >= 0.3 is 0 Å². The van der Waals surface area contributed by atoms with Crippen molar-refractivity contribution in [3.05, 3.63) is 35.1 Å². The molecule has 1 amide bonds. The van der Waals surface area contributed by atoms with E-state index in [1.54, 1.807) is 12.1 Å². The van der Waals surface area contributed by atoms with Gasteiger partial charge in [0.1, 0.15) is 5.82 Å². The van der Waals surface area contributed by atoms with Crippen molar-refractivity contribution in [3.63, 3.8) is 0 Å². The quantitative estimate of drug-likeness (QED) is 0.839. The van der Waals surface area contributed by atoms with E-state index in [2.05, 4.69) is 11.8 Å². The minimum absolute atomic E-state index is 0.182. The van der Waals surface area contributed by atoms with E-state index in [1.165, 1.54) is 6.07 Å². The Morgan fingerprint density at radius 1 is 1.30 bits per heavy atom. The predicted molar refractivity (Wildman–Crippen MR) is 76.2 cm³/mol. The van der Waals surface area contributed by atoms with Gasteiger partial charge in [-0.05, 0) is 30.5 Å². The van der Waals surface area contributed by atoms with Crippen LogP contribution in [0.1, 0.15) is 36.8 Å². The monoisotopic (exact) mass is 274 g/mol. The van der Waals surface area contributed by atoms with Crippen LogP contribution in [0.4, 0.5) is 4.39 Å². The Hall–Kier alpha value is -1.86. The molecule has 0 aliphatic carbocycles. The first-order valence-corrected chi connectivity index (χ1v) is 6.96. The SMILES string of the molecule is NCC#Cc1cc(CN2CCCCCC2=O)ccc1F. The lowest BCUT2D eigenvalue weighted by Gasteiger charge is -2.20. The molecule has 4 heteroatoms. The number of nitrogens with two attached hydrogens (primary N) is 1. The number of carbonyl (C=O) groups is 1. The zero-order valence-electron chi connectivity index (χ0n) is 11.5. The smallest absolute Gasteiger partial charge is 0.222 e. The summed E-state index contributed by atoms with van der Waals surface area (Å²) >= 11 is 0. The number of benzene rings is 1. The average Bonchev–Trinajstić information content (AvgIpc) is 2.65. The standard InChI is InChI=1S/C16H19FN2O/c17-15-8-7-13(11-14(15)5-4-9-18)12-19-10-3-1-2-6-16(19)20/h7-8,11H,1-3,6,9-10,12,18H2. The lowest BCUT2D eigenvalue weighted by molar-refractivity contribution is -0.131. The third-order valence-electron chi connectivity index (χ3n) is 3.40. The van der Waals surface area contributed by atoms with E-state index < -0.39 is 0 Å². The van der Waals surface area contributed by atoms with E-state index in [0.717, 1.165) is 31.4 Å². The van der Waals surface area contributed by atoms with Gasteiger partial charge in [0.05, 0.1) is 12.1 Å². The van der Waals surface area contributed by atoms with Gasteiger partial charge in [-0.15, -0.1) is 0 Å². The summed E-state index contributed by atoms with van der Waals surface area (Å²) in [6.07, 6.45) is 3.71. The zero-order chi connectivity index (χ0) is 14.4. The number of likely N-dealkylation sites (tertiary alicyclic amines) is 1. The molecule has 0 radical (unpaired) electrons. The Balaban J connectivity index is 2.14. The molecule has 2 rings (SSSR count). The number of hydrogen-bond acceptors (Lipinski definition) is 2. The molecule has 1 aromatic carbocycles. The van der Waals surface area contributed by atoms with Gasteiger partial charge in [-0.2, -0.15) is 0 Å². The van der Waals surface area contributed by atoms with Crippen molar-refractivity contribution >= 4 is 5.91 Å². The van der Waals surface area contributed by atoms with E-state index in [1.807, 2.05) is 4.90 Å². The summed E-state index contributed by atoms with van der Waals surface area (Å²) in [6, 6.07) is 4.81. The molecule has 0 atom stereocenters. The zero-order valence-corrected chi connectivity index (χ0v) is 11.5. The molecule has 1 heterocycles. The molecule has 0 aromatic heterocycles. The van der Waals surface area contributed by atoms with Crippen LogP contribution in [0.3, 0.4) is 0 Å². The van der Waals surface area contributed by atoms with Crippen LogP contribution in [0.15, 0.2) is 18.2 Å². The first kappa shape index (κ1) is 14.5. The van der Waals surface area contributed by atoms with Crippen molar-refractivity contribution in [2.75, 3.05) is 13.1 Å². The van der Waals surface area contributed by atoms with E-state index in [4.69, 9.17) is 5.73 Å².